The van der Waals surface area contributed by atoms with Crippen molar-refractivity contribution in [1.82, 2.24) is 10.6 Å². The molecule has 0 bridgehead atoms. The molecule has 17 heavy (non-hydrogen) atoms. The summed E-state index contributed by atoms with van der Waals surface area (Å²) >= 11 is 0. The van der Waals surface area contributed by atoms with Gasteiger partial charge in [0.2, 0.25) is 0 Å². The van der Waals surface area contributed by atoms with Gasteiger partial charge in [0.05, 0.1) is 0 Å². The first-order valence-electron chi connectivity index (χ1n) is 6.43. The molecule has 0 saturated heterocycles. The average Bonchev–Trinajstić information content (AvgIpc) is 2.76. The average molecular weight is 242 g/mol. The van der Waals surface area contributed by atoms with Crippen LogP contribution in [0.5, 0.6) is 0 Å². The summed E-state index contributed by atoms with van der Waals surface area (Å²) in [6.07, 6.45) is 6.51. The zero-order chi connectivity index (χ0) is 12.7. The summed E-state index contributed by atoms with van der Waals surface area (Å²) in [4.78, 5) is 22.5. The van der Waals surface area contributed by atoms with E-state index in [1.807, 2.05) is 6.92 Å². The predicted molar refractivity (Wildman–Crippen MR) is 64.9 cm³/mol. The van der Waals surface area contributed by atoms with E-state index in [0.29, 0.717) is 6.42 Å². The van der Waals surface area contributed by atoms with E-state index in [9.17, 15) is 9.59 Å². The summed E-state index contributed by atoms with van der Waals surface area (Å²) in [6, 6.07) is -0.896. The Bertz CT molecular complexity index is 262. The Morgan fingerprint density at radius 2 is 2.00 bits per heavy atom. The number of hydrogen-bond acceptors (Lipinski definition) is 2. The molecule has 0 aromatic rings. The molecule has 0 aromatic heterocycles. The number of carboxylic acid groups (broad SMARTS) is 1. The molecule has 2 amide bonds. The van der Waals surface area contributed by atoms with Crippen LogP contribution in [0.4, 0.5) is 4.79 Å². The number of urea groups is 1. The van der Waals surface area contributed by atoms with E-state index in [2.05, 4.69) is 10.6 Å². The van der Waals surface area contributed by atoms with Crippen molar-refractivity contribution in [3.05, 3.63) is 0 Å². The summed E-state index contributed by atoms with van der Waals surface area (Å²) in [5.41, 5.74) is 0. The highest BCUT2D eigenvalue weighted by molar-refractivity contribution is 5.82. The van der Waals surface area contributed by atoms with Crippen LogP contribution in [-0.4, -0.2) is 29.2 Å². The van der Waals surface area contributed by atoms with E-state index in [0.717, 1.165) is 38.5 Å². The van der Waals surface area contributed by atoms with Gasteiger partial charge in [0.1, 0.15) is 6.04 Å². The van der Waals surface area contributed by atoms with Crippen molar-refractivity contribution in [1.29, 1.82) is 0 Å². The summed E-state index contributed by atoms with van der Waals surface area (Å²) in [5.74, 6) is -0.958. The zero-order valence-corrected chi connectivity index (χ0v) is 10.4. The van der Waals surface area contributed by atoms with Crippen LogP contribution in [0.3, 0.4) is 0 Å². The minimum absolute atomic E-state index is 0.218. The van der Waals surface area contributed by atoms with Gasteiger partial charge in [0.25, 0.3) is 0 Å². The summed E-state index contributed by atoms with van der Waals surface area (Å²) < 4.78 is 0. The largest absolute Gasteiger partial charge is 0.480 e. The standard InChI is InChI=1S/C12H22N2O3/c1-2-3-8-10(11(15)16)14-12(17)13-9-6-4-5-7-9/h9-10H,2-8H2,1H3,(H,15,16)(H2,13,14,17). The molecule has 0 heterocycles. The second-order valence-corrected chi connectivity index (χ2v) is 4.63. The number of unbranched alkanes of at least 4 members (excludes halogenated alkanes) is 1. The van der Waals surface area contributed by atoms with Crippen molar-refractivity contribution >= 4 is 12.0 Å². The molecule has 0 aromatic carbocycles. The molecular weight excluding hydrogens is 220 g/mol. The van der Waals surface area contributed by atoms with E-state index in [1.54, 1.807) is 0 Å². The lowest BCUT2D eigenvalue weighted by molar-refractivity contribution is -0.139. The van der Waals surface area contributed by atoms with Crippen LogP contribution in [-0.2, 0) is 4.79 Å². The highest BCUT2D eigenvalue weighted by Gasteiger charge is 2.22. The molecule has 5 heteroatoms. The maximum Gasteiger partial charge on any atom is 0.326 e. The first kappa shape index (κ1) is 13.8. The predicted octanol–water partition coefficient (Wildman–Crippen LogP) is 1.87. The van der Waals surface area contributed by atoms with Crippen LogP contribution in [0.15, 0.2) is 0 Å². The number of nitrogens with one attached hydrogen (secondary N) is 2. The molecule has 1 saturated carbocycles. The zero-order valence-electron chi connectivity index (χ0n) is 10.4. The fraction of sp³-hybridized carbons (Fsp3) is 0.833. The maximum absolute atomic E-state index is 11.6. The smallest absolute Gasteiger partial charge is 0.326 e. The molecule has 3 N–H and O–H groups in total. The molecule has 1 fully saturated rings. The van der Waals surface area contributed by atoms with Crippen LogP contribution in [0, 0.1) is 0 Å². The number of carboxylic acids is 1. The molecule has 1 aliphatic carbocycles. The van der Waals surface area contributed by atoms with Gasteiger partial charge in [-0.1, -0.05) is 32.6 Å². The number of carbonyl (C=O) groups is 2. The van der Waals surface area contributed by atoms with Crippen molar-refractivity contribution in [3.63, 3.8) is 0 Å². The lowest BCUT2D eigenvalue weighted by Crippen LogP contribution is -2.48. The van der Waals surface area contributed by atoms with E-state index in [1.165, 1.54) is 0 Å². The minimum atomic E-state index is -0.958. The van der Waals surface area contributed by atoms with Crippen molar-refractivity contribution in [2.45, 2.75) is 64.0 Å². The third kappa shape index (κ3) is 5.06. The van der Waals surface area contributed by atoms with Gasteiger partial charge in [-0.3, -0.25) is 0 Å². The normalized spacial score (nSPS) is 17.7. The number of carbonyl (C=O) groups excluding carboxylic acids is 1. The van der Waals surface area contributed by atoms with Crippen molar-refractivity contribution in [2.24, 2.45) is 0 Å². The molecule has 1 rings (SSSR count). The summed E-state index contributed by atoms with van der Waals surface area (Å²) in [5, 5.41) is 14.3. The third-order valence-electron chi connectivity index (χ3n) is 3.14. The summed E-state index contributed by atoms with van der Waals surface area (Å²) in [6.45, 7) is 2.00. The number of rotatable bonds is 6. The lowest BCUT2D eigenvalue weighted by atomic mass is 10.1. The Labute approximate surface area is 102 Å². The molecule has 1 atom stereocenters. The molecule has 0 aliphatic heterocycles. The molecular formula is C12H22N2O3. The fourth-order valence-corrected chi connectivity index (χ4v) is 2.12. The fourth-order valence-electron chi connectivity index (χ4n) is 2.12. The molecule has 1 aliphatic rings. The van der Waals surface area contributed by atoms with Crippen LogP contribution in [0.1, 0.15) is 51.9 Å². The Kier molecular flexibility index (Phi) is 5.80. The van der Waals surface area contributed by atoms with Crippen LogP contribution >= 0.6 is 0 Å². The number of aliphatic carboxylic acids is 1. The van der Waals surface area contributed by atoms with Crippen LogP contribution < -0.4 is 10.6 Å². The van der Waals surface area contributed by atoms with Gasteiger partial charge in [-0.2, -0.15) is 0 Å². The van der Waals surface area contributed by atoms with E-state index >= 15 is 0 Å². The number of hydrogen-bond donors (Lipinski definition) is 3. The second kappa shape index (κ2) is 7.14. The SMILES string of the molecule is CCCCC(NC(=O)NC1CCCC1)C(=O)O. The minimum Gasteiger partial charge on any atom is -0.480 e. The van der Waals surface area contributed by atoms with E-state index < -0.39 is 12.0 Å². The van der Waals surface area contributed by atoms with Crippen LogP contribution in [0.25, 0.3) is 0 Å². The maximum atomic E-state index is 11.6. The first-order valence-corrected chi connectivity index (χ1v) is 6.43. The quantitative estimate of drug-likeness (QED) is 0.665. The van der Waals surface area contributed by atoms with Gasteiger partial charge in [-0.05, 0) is 19.3 Å². The van der Waals surface area contributed by atoms with Gasteiger partial charge in [0.15, 0.2) is 0 Å². The third-order valence-corrected chi connectivity index (χ3v) is 3.14. The molecule has 0 spiro atoms. The van der Waals surface area contributed by atoms with Gasteiger partial charge in [0, 0.05) is 6.04 Å². The Balaban J connectivity index is 2.32. The second-order valence-electron chi connectivity index (χ2n) is 4.63. The van der Waals surface area contributed by atoms with E-state index in [-0.39, 0.29) is 12.1 Å². The molecule has 0 radical (unpaired) electrons. The van der Waals surface area contributed by atoms with Crippen LogP contribution in [0.2, 0.25) is 0 Å². The number of amides is 2. The Morgan fingerprint density at radius 3 is 2.53 bits per heavy atom. The van der Waals surface area contributed by atoms with Gasteiger partial charge < -0.3 is 15.7 Å². The summed E-state index contributed by atoms with van der Waals surface area (Å²) in [7, 11) is 0. The van der Waals surface area contributed by atoms with E-state index in [4.69, 9.17) is 5.11 Å². The van der Waals surface area contributed by atoms with Crippen molar-refractivity contribution < 1.29 is 14.7 Å². The van der Waals surface area contributed by atoms with Gasteiger partial charge >= 0.3 is 12.0 Å². The topological polar surface area (TPSA) is 78.4 Å². The Morgan fingerprint density at radius 1 is 1.35 bits per heavy atom. The lowest BCUT2D eigenvalue weighted by Gasteiger charge is -2.17. The molecule has 98 valence electrons. The highest BCUT2D eigenvalue weighted by Crippen LogP contribution is 2.17. The molecule has 5 nitrogen and oxygen atoms in total. The first-order chi connectivity index (χ1) is 8.13. The van der Waals surface area contributed by atoms with Crippen molar-refractivity contribution in [3.8, 4) is 0 Å². The molecule has 1 unspecified atom stereocenters. The highest BCUT2D eigenvalue weighted by atomic mass is 16.4. The van der Waals surface area contributed by atoms with Gasteiger partial charge in [-0.25, -0.2) is 9.59 Å². The van der Waals surface area contributed by atoms with Crippen molar-refractivity contribution in [2.75, 3.05) is 0 Å². The monoisotopic (exact) mass is 242 g/mol. The Hall–Kier alpha value is -1.26. The van der Waals surface area contributed by atoms with Gasteiger partial charge in [-0.15, -0.1) is 0 Å².